The predicted octanol–water partition coefficient (Wildman–Crippen LogP) is 3.81. The first-order valence-electron chi connectivity index (χ1n) is 11.8. The lowest BCUT2D eigenvalue weighted by Gasteiger charge is -2.29. The van der Waals surface area contributed by atoms with Crippen molar-refractivity contribution in [3.63, 3.8) is 0 Å². The number of aliphatic hydroxyl groups excluding tert-OH is 1. The van der Waals surface area contributed by atoms with E-state index in [4.69, 9.17) is 14.6 Å². The Hall–Kier alpha value is -3.13. The van der Waals surface area contributed by atoms with Gasteiger partial charge in [0.1, 0.15) is 11.6 Å². The molecule has 0 saturated carbocycles. The van der Waals surface area contributed by atoms with Crippen LogP contribution in [0.2, 0.25) is 0 Å². The van der Waals surface area contributed by atoms with Crippen molar-refractivity contribution in [2.45, 2.75) is 32.0 Å². The molecular formula is C26H30F3N3O4. The average molecular weight is 506 g/mol. The van der Waals surface area contributed by atoms with Gasteiger partial charge in [-0.3, -0.25) is 4.79 Å². The van der Waals surface area contributed by atoms with E-state index in [9.17, 15) is 23.2 Å². The third-order valence-corrected chi connectivity index (χ3v) is 6.02. The van der Waals surface area contributed by atoms with Gasteiger partial charge in [-0.1, -0.05) is 36.4 Å². The van der Waals surface area contributed by atoms with Gasteiger partial charge in [0.25, 0.3) is 5.91 Å². The predicted molar refractivity (Wildman–Crippen MR) is 130 cm³/mol. The summed E-state index contributed by atoms with van der Waals surface area (Å²) in [6.45, 7) is 2.97. The van der Waals surface area contributed by atoms with Gasteiger partial charge in [-0.15, -0.1) is 0 Å². The van der Waals surface area contributed by atoms with Crippen LogP contribution < -0.4 is 10.2 Å². The lowest BCUT2D eigenvalue weighted by Crippen LogP contribution is -2.32. The topological polar surface area (TPSA) is 94.8 Å². The Labute approximate surface area is 208 Å². The van der Waals surface area contributed by atoms with Gasteiger partial charge in [0.05, 0.1) is 44.3 Å². The molecule has 1 amide bonds. The molecule has 0 spiro atoms. The molecule has 2 aromatic carbocycles. The highest BCUT2D eigenvalue weighted by Gasteiger charge is 2.42. The lowest BCUT2D eigenvalue weighted by atomic mass is 9.93. The van der Waals surface area contributed by atoms with Crippen molar-refractivity contribution >= 4 is 27.9 Å². The number of amides is 1. The Balaban J connectivity index is 1.95. The fourth-order valence-corrected chi connectivity index (χ4v) is 4.39. The van der Waals surface area contributed by atoms with E-state index in [1.807, 2.05) is 24.0 Å². The van der Waals surface area contributed by atoms with Crippen LogP contribution in [-0.2, 0) is 14.3 Å². The van der Waals surface area contributed by atoms with Gasteiger partial charge in [-0.2, -0.15) is 18.4 Å². The number of fused-ring (bicyclic) bond motifs is 1. The molecular weight excluding hydrogens is 475 g/mol. The first-order chi connectivity index (χ1) is 17.3. The van der Waals surface area contributed by atoms with E-state index in [-0.39, 0.29) is 51.2 Å². The van der Waals surface area contributed by atoms with E-state index in [1.165, 1.54) is 12.1 Å². The van der Waals surface area contributed by atoms with Gasteiger partial charge in [0.15, 0.2) is 0 Å². The molecule has 7 nitrogen and oxygen atoms in total. The van der Waals surface area contributed by atoms with Gasteiger partial charge in [-0.05, 0) is 25.2 Å². The SMILES string of the molecule is CC1CCCN1c1c(/C(=C(\C#N)C(=O)NCCOCCOCCO)C(F)(F)F)ccc2ccccc12. The molecule has 1 aliphatic heterocycles. The second-order valence-corrected chi connectivity index (χ2v) is 8.43. The van der Waals surface area contributed by atoms with E-state index in [1.54, 1.807) is 18.2 Å². The van der Waals surface area contributed by atoms with Gasteiger partial charge in [0.2, 0.25) is 0 Å². The molecule has 36 heavy (non-hydrogen) atoms. The van der Waals surface area contributed by atoms with Gasteiger partial charge in [-0.25, -0.2) is 0 Å². The zero-order valence-electron chi connectivity index (χ0n) is 20.1. The molecule has 0 bridgehead atoms. The van der Waals surface area contributed by atoms with Crippen LogP contribution in [0.1, 0.15) is 25.3 Å². The third-order valence-electron chi connectivity index (χ3n) is 6.02. The Morgan fingerprint density at radius 2 is 1.89 bits per heavy atom. The molecule has 1 saturated heterocycles. The second kappa shape index (κ2) is 12.7. The van der Waals surface area contributed by atoms with Crippen molar-refractivity contribution in [2.24, 2.45) is 0 Å². The first kappa shape index (κ1) is 27.5. The Morgan fingerprint density at radius 1 is 1.17 bits per heavy atom. The number of nitriles is 1. The number of halogens is 3. The molecule has 10 heteroatoms. The molecule has 1 fully saturated rings. The highest BCUT2D eigenvalue weighted by Crippen LogP contribution is 2.45. The quantitative estimate of drug-likeness (QED) is 0.274. The molecule has 0 aromatic heterocycles. The highest BCUT2D eigenvalue weighted by atomic mass is 19.4. The molecule has 1 aliphatic rings. The number of benzene rings is 2. The number of anilines is 1. The molecule has 3 rings (SSSR count). The summed E-state index contributed by atoms with van der Waals surface area (Å²) in [5.41, 5.74) is -2.03. The molecule has 1 atom stereocenters. The van der Waals surface area contributed by atoms with Gasteiger partial charge in [0, 0.05) is 30.1 Å². The normalized spacial score (nSPS) is 16.7. The fraction of sp³-hybridized carbons (Fsp3) is 0.462. The second-order valence-electron chi connectivity index (χ2n) is 8.43. The maximum absolute atomic E-state index is 14.5. The number of allylic oxidation sites excluding steroid dienone is 1. The number of alkyl halides is 3. The highest BCUT2D eigenvalue weighted by molar-refractivity contribution is 6.09. The van der Waals surface area contributed by atoms with Crippen LogP contribution in [0.25, 0.3) is 16.3 Å². The minimum absolute atomic E-state index is 0.0157. The van der Waals surface area contributed by atoms with E-state index in [0.29, 0.717) is 17.6 Å². The van der Waals surface area contributed by atoms with Crippen LogP contribution in [-0.4, -0.2) is 69.4 Å². The van der Waals surface area contributed by atoms with Gasteiger partial charge >= 0.3 is 6.18 Å². The van der Waals surface area contributed by atoms with E-state index in [2.05, 4.69) is 5.32 Å². The van der Waals surface area contributed by atoms with E-state index in [0.717, 1.165) is 18.2 Å². The van der Waals surface area contributed by atoms with Crippen molar-refractivity contribution in [3.8, 4) is 6.07 Å². The zero-order chi connectivity index (χ0) is 26.1. The van der Waals surface area contributed by atoms with E-state index < -0.39 is 23.2 Å². The summed E-state index contributed by atoms with van der Waals surface area (Å²) in [5, 5.41) is 22.1. The number of rotatable bonds is 11. The molecule has 0 aliphatic carbocycles. The largest absolute Gasteiger partial charge is 0.418 e. The standard InChI is InChI=1S/C26H30F3N3O4/c1-18-5-4-11-32(18)24-20-7-3-2-6-19(20)8-9-21(24)23(26(27,28)29)22(17-30)25(34)31-10-13-35-15-16-36-14-12-33/h2-3,6-9,18,33H,4-5,10-16H2,1H3,(H,31,34)/b23-22-. The molecule has 1 heterocycles. The Bertz CT molecular complexity index is 1130. The van der Waals surface area contributed by atoms with Crippen molar-refractivity contribution in [2.75, 3.05) is 51.0 Å². The number of hydrogen-bond acceptors (Lipinski definition) is 6. The Kier molecular flexibility index (Phi) is 9.70. The number of carbonyl (C=O) groups excluding carboxylic acids is 1. The zero-order valence-corrected chi connectivity index (χ0v) is 20.1. The van der Waals surface area contributed by atoms with Crippen LogP contribution in [0.5, 0.6) is 0 Å². The molecule has 1 unspecified atom stereocenters. The summed E-state index contributed by atoms with van der Waals surface area (Å²) in [4.78, 5) is 14.7. The van der Waals surface area contributed by atoms with Crippen LogP contribution in [0.15, 0.2) is 42.0 Å². The number of nitrogens with zero attached hydrogens (tertiary/aromatic N) is 2. The van der Waals surface area contributed by atoms with Crippen molar-refractivity contribution in [3.05, 3.63) is 47.5 Å². The van der Waals surface area contributed by atoms with Crippen LogP contribution in [0, 0.1) is 11.3 Å². The summed E-state index contributed by atoms with van der Waals surface area (Å²) < 4.78 is 53.8. The summed E-state index contributed by atoms with van der Waals surface area (Å²) in [7, 11) is 0. The summed E-state index contributed by atoms with van der Waals surface area (Å²) in [5.74, 6) is -1.11. The summed E-state index contributed by atoms with van der Waals surface area (Å²) >= 11 is 0. The minimum Gasteiger partial charge on any atom is -0.394 e. The fourth-order valence-electron chi connectivity index (χ4n) is 4.39. The molecule has 2 N–H and O–H groups in total. The number of hydrogen-bond donors (Lipinski definition) is 2. The van der Waals surface area contributed by atoms with Crippen LogP contribution in [0.3, 0.4) is 0 Å². The smallest absolute Gasteiger partial charge is 0.394 e. The van der Waals surface area contributed by atoms with Crippen molar-refractivity contribution < 1.29 is 32.5 Å². The minimum atomic E-state index is -4.94. The summed E-state index contributed by atoms with van der Waals surface area (Å²) in [6.07, 6.45) is -3.26. The lowest BCUT2D eigenvalue weighted by molar-refractivity contribution is -0.117. The maximum Gasteiger partial charge on any atom is 0.418 e. The summed E-state index contributed by atoms with van der Waals surface area (Å²) in [6, 6.07) is 11.6. The van der Waals surface area contributed by atoms with Crippen LogP contribution >= 0.6 is 0 Å². The monoisotopic (exact) mass is 505 g/mol. The number of ether oxygens (including phenoxy) is 2. The van der Waals surface area contributed by atoms with Crippen molar-refractivity contribution in [1.82, 2.24) is 5.32 Å². The molecule has 194 valence electrons. The number of aliphatic hydroxyl groups is 1. The number of nitrogens with one attached hydrogen (secondary N) is 1. The van der Waals surface area contributed by atoms with E-state index >= 15 is 0 Å². The number of carbonyl (C=O) groups is 1. The first-order valence-corrected chi connectivity index (χ1v) is 11.8. The molecule has 2 aromatic rings. The van der Waals surface area contributed by atoms with Crippen LogP contribution in [0.4, 0.5) is 18.9 Å². The molecule has 0 radical (unpaired) electrons. The average Bonchev–Trinajstić information content (AvgIpc) is 3.27. The Morgan fingerprint density at radius 3 is 2.53 bits per heavy atom. The maximum atomic E-state index is 14.5. The van der Waals surface area contributed by atoms with Crippen molar-refractivity contribution in [1.29, 1.82) is 5.26 Å². The third kappa shape index (κ3) is 6.55. The van der Waals surface area contributed by atoms with Gasteiger partial charge < -0.3 is 24.8 Å².